The van der Waals surface area contributed by atoms with Gasteiger partial charge in [0.05, 0.1) is 18.8 Å². The number of nitrogens with one attached hydrogen (secondary N) is 2. The number of amidine groups is 1. The Kier molecular flexibility index (Phi) is 6.16. The molecule has 1 aromatic carbocycles. The molecule has 0 saturated heterocycles. The van der Waals surface area contributed by atoms with Gasteiger partial charge in [-0.15, -0.1) is 0 Å². The molecular formula is C17H20N6O2. The molecule has 2 aromatic rings. The van der Waals surface area contributed by atoms with E-state index >= 15 is 0 Å². The molecule has 0 aliphatic rings. The van der Waals surface area contributed by atoms with Crippen LogP contribution in [-0.2, 0) is 16.0 Å². The third-order valence-corrected chi connectivity index (χ3v) is 3.41. The minimum Gasteiger partial charge on any atom is -0.387 e. The molecule has 0 bridgehead atoms. The van der Waals surface area contributed by atoms with E-state index in [0.717, 1.165) is 16.7 Å². The molecule has 25 heavy (non-hydrogen) atoms. The van der Waals surface area contributed by atoms with Gasteiger partial charge in [-0.25, -0.2) is 9.97 Å². The molecule has 6 N–H and O–H groups in total. The summed E-state index contributed by atoms with van der Waals surface area (Å²) in [4.78, 5) is 30.7. The van der Waals surface area contributed by atoms with Crippen molar-refractivity contribution in [2.75, 3.05) is 11.9 Å². The van der Waals surface area contributed by atoms with Crippen molar-refractivity contribution < 1.29 is 9.59 Å². The van der Waals surface area contributed by atoms with Gasteiger partial charge in [0.25, 0.3) is 0 Å². The molecule has 1 aromatic heterocycles. The summed E-state index contributed by atoms with van der Waals surface area (Å²) in [7, 11) is 0. The van der Waals surface area contributed by atoms with Crippen LogP contribution in [0.3, 0.4) is 0 Å². The zero-order chi connectivity index (χ0) is 18.2. The fraction of sp³-hybridized carbons (Fsp3) is 0.235. The summed E-state index contributed by atoms with van der Waals surface area (Å²) in [5.74, 6) is -0.319. The fourth-order valence-electron chi connectivity index (χ4n) is 2.23. The number of carbonyl (C=O) groups excluding carboxylic acids is 2. The largest absolute Gasteiger partial charge is 0.387 e. The Morgan fingerprint density at radius 1 is 1.12 bits per heavy atom. The van der Waals surface area contributed by atoms with Crippen LogP contribution in [0, 0.1) is 5.41 Å². The van der Waals surface area contributed by atoms with Crippen molar-refractivity contribution in [3.8, 4) is 11.1 Å². The second-order valence-corrected chi connectivity index (χ2v) is 5.56. The number of nitrogens with two attached hydrogens (primary N) is 2. The Hall–Kier alpha value is -3.29. The number of carbonyl (C=O) groups is 2. The van der Waals surface area contributed by atoms with Gasteiger partial charge < -0.3 is 16.8 Å². The van der Waals surface area contributed by atoms with Crippen LogP contribution in [0.15, 0.2) is 36.7 Å². The SMILES string of the molecule is N=C(N)CC(=O)CCc1cccc(-c2cnc(NCC(N)=O)nc2)c1. The fourth-order valence-corrected chi connectivity index (χ4v) is 2.23. The van der Waals surface area contributed by atoms with Crippen LogP contribution in [0.5, 0.6) is 0 Å². The smallest absolute Gasteiger partial charge is 0.236 e. The summed E-state index contributed by atoms with van der Waals surface area (Å²) >= 11 is 0. The number of benzene rings is 1. The number of Topliss-reactive ketones (excluding diaryl/α,β-unsaturated/α-hetero) is 1. The van der Waals surface area contributed by atoms with Crippen molar-refractivity contribution >= 4 is 23.5 Å². The van der Waals surface area contributed by atoms with E-state index in [2.05, 4.69) is 15.3 Å². The number of amides is 1. The maximum Gasteiger partial charge on any atom is 0.236 e. The average molecular weight is 340 g/mol. The number of aromatic nitrogens is 2. The third kappa shape index (κ3) is 6.02. The Bertz CT molecular complexity index is 773. The molecule has 2 rings (SSSR count). The average Bonchev–Trinajstić information content (AvgIpc) is 2.58. The molecule has 0 spiro atoms. The molecule has 1 heterocycles. The first-order valence-corrected chi connectivity index (χ1v) is 7.72. The Morgan fingerprint density at radius 2 is 1.84 bits per heavy atom. The van der Waals surface area contributed by atoms with Crippen LogP contribution < -0.4 is 16.8 Å². The Balaban J connectivity index is 2.01. The summed E-state index contributed by atoms with van der Waals surface area (Å²) in [6.07, 6.45) is 4.22. The van der Waals surface area contributed by atoms with Crippen molar-refractivity contribution in [1.29, 1.82) is 5.41 Å². The molecular weight excluding hydrogens is 320 g/mol. The highest BCUT2D eigenvalue weighted by Crippen LogP contribution is 2.20. The number of aryl methyl sites for hydroxylation is 1. The number of nitrogens with zero attached hydrogens (tertiary/aromatic N) is 2. The summed E-state index contributed by atoms with van der Waals surface area (Å²) in [5, 5.41) is 9.86. The number of primary amides is 1. The van der Waals surface area contributed by atoms with E-state index in [4.69, 9.17) is 16.9 Å². The van der Waals surface area contributed by atoms with Crippen molar-refractivity contribution in [2.24, 2.45) is 11.5 Å². The molecule has 8 nitrogen and oxygen atoms in total. The molecule has 0 saturated carbocycles. The summed E-state index contributed by atoms with van der Waals surface area (Å²) < 4.78 is 0. The monoisotopic (exact) mass is 340 g/mol. The zero-order valence-corrected chi connectivity index (χ0v) is 13.7. The van der Waals surface area contributed by atoms with Crippen LogP contribution in [0.1, 0.15) is 18.4 Å². The molecule has 0 unspecified atom stereocenters. The predicted octanol–water partition coefficient (Wildman–Crippen LogP) is 0.869. The number of anilines is 1. The van der Waals surface area contributed by atoms with Gasteiger partial charge >= 0.3 is 0 Å². The molecule has 1 amide bonds. The van der Waals surface area contributed by atoms with E-state index in [1.165, 1.54) is 0 Å². The van der Waals surface area contributed by atoms with Gasteiger partial charge in [0.2, 0.25) is 11.9 Å². The quantitative estimate of drug-likeness (QED) is 0.393. The van der Waals surface area contributed by atoms with Gasteiger partial charge in [-0.3, -0.25) is 15.0 Å². The first kappa shape index (κ1) is 18.1. The number of hydrogen-bond acceptors (Lipinski definition) is 6. The van der Waals surface area contributed by atoms with Gasteiger partial charge in [0.15, 0.2) is 0 Å². The minimum atomic E-state index is -0.486. The molecule has 0 aliphatic heterocycles. The lowest BCUT2D eigenvalue weighted by Gasteiger charge is -2.06. The van der Waals surface area contributed by atoms with Gasteiger partial charge in [-0.2, -0.15) is 0 Å². The minimum absolute atomic E-state index is 0.00665. The van der Waals surface area contributed by atoms with Crippen molar-refractivity contribution in [3.63, 3.8) is 0 Å². The van der Waals surface area contributed by atoms with E-state index in [1.807, 2.05) is 24.3 Å². The third-order valence-electron chi connectivity index (χ3n) is 3.41. The number of hydrogen-bond donors (Lipinski definition) is 4. The van der Waals surface area contributed by atoms with Crippen LogP contribution in [0.2, 0.25) is 0 Å². The van der Waals surface area contributed by atoms with Gasteiger partial charge in [-0.1, -0.05) is 24.3 Å². The summed E-state index contributed by atoms with van der Waals surface area (Å²) in [6.45, 7) is -0.0247. The normalized spacial score (nSPS) is 10.2. The zero-order valence-electron chi connectivity index (χ0n) is 13.7. The van der Waals surface area contributed by atoms with Crippen molar-refractivity contribution in [3.05, 3.63) is 42.2 Å². The molecule has 0 fully saturated rings. The molecule has 8 heteroatoms. The molecule has 0 aliphatic carbocycles. The summed E-state index contributed by atoms with van der Waals surface area (Å²) in [5.41, 5.74) is 13.0. The van der Waals surface area contributed by atoms with E-state index in [-0.39, 0.29) is 24.6 Å². The predicted molar refractivity (Wildman–Crippen MR) is 95.0 cm³/mol. The Morgan fingerprint density at radius 3 is 2.48 bits per heavy atom. The van der Waals surface area contributed by atoms with E-state index in [0.29, 0.717) is 18.8 Å². The lowest BCUT2D eigenvalue weighted by molar-refractivity contribution is -0.118. The highest BCUT2D eigenvalue weighted by Gasteiger charge is 2.06. The van der Waals surface area contributed by atoms with Crippen molar-refractivity contribution in [1.82, 2.24) is 9.97 Å². The standard InChI is InChI=1S/C17H20N6O2/c18-15(19)7-14(24)5-4-11-2-1-3-12(6-11)13-8-21-17(22-9-13)23-10-16(20)25/h1-3,6,8-9H,4-5,7,10H2,(H3,18,19)(H2,20,25)(H,21,22,23). The van der Waals surface area contributed by atoms with Gasteiger partial charge in [-0.05, 0) is 17.5 Å². The van der Waals surface area contributed by atoms with Gasteiger partial charge in [0, 0.05) is 24.4 Å². The van der Waals surface area contributed by atoms with Gasteiger partial charge in [0.1, 0.15) is 5.78 Å². The first-order chi connectivity index (χ1) is 11.9. The van der Waals surface area contributed by atoms with Crippen LogP contribution in [0.4, 0.5) is 5.95 Å². The van der Waals surface area contributed by atoms with Crippen LogP contribution in [0.25, 0.3) is 11.1 Å². The van der Waals surface area contributed by atoms with Crippen molar-refractivity contribution in [2.45, 2.75) is 19.3 Å². The maximum absolute atomic E-state index is 11.6. The van der Waals surface area contributed by atoms with E-state index < -0.39 is 5.91 Å². The van der Waals surface area contributed by atoms with Crippen LogP contribution >= 0.6 is 0 Å². The molecule has 130 valence electrons. The highest BCUT2D eigenvalue weighted by molar-refractivity contribution is 5.98. The Labute approximate surface area is 145 Å². The number of rotatable bonds is 9. The first-order valence-electron chi connectivity index (χ1n) is 7.72. The lowest BCUT2D eigenvalue weighted by atomic mass is 10.0. The maximum atomic E-state index is 11.6. The topological polar surface area (TPSA) is 148 Å². The molecule has 0 atom stereocenters. The number of ketones is 1. The van der Waals surface area contributed by atoms with E-state index in [9.17, 15) is 9.59 Å². The second-order valence-electron chi connectivity index (χ2n) is 5.56. The van der Waals surface area contributed by atoms with E-state index in [1.54, 1.807) is 12.4 Å². The lowest BCUT2D eigenvalue weighted by Crippen LogP contribution is -2.22. The summed E-state index contributed by atoms with van der Waals surface area (Å²) in [6, 6.07) is 7.74. The molecule has 0 radical (unpaired) electrons. The second kappa shape index (κ2) is 8.53. The van der Waals surface area contributed by atoms with Crippen LogP contribution in [-0.4, -0.2) is 34.0 Å². The highest BCUT2D eigenvalue weighted by atomic mass is 16.1.